The highest BCUT2D eigenvalue weighted by atomic mass is 79.9. The molecule has 23 heavy (non-hydrogen) atoms. The standard InChI is InChI=1S/C14H11BrN2O4S2/c15-8-3-1-7(2-4-8)5-10-12(19)17(14(22)23-10)9(13(20)21)6-11(16)18/h1-5,9H,6H2,(H2,16,18)(H,20,21)/b10-5-. The number of halogens is 1. The Balaban J connectivity index is 2.30. The normalized spacial score (nSPS) is 17.6. The fraction of sp³-hybridized carbons (Fsp3) is 0.143. The van der Waals surface area contributed by atoms with E-state index in [1.54, 1.807) is 18.2 Å². The lowest BCUT2D eigenvalue weighted by Crippen LogP contribution is -2.46. The number of thioether (sulfide) groups is 1. The van der Waals surface area contributed by atoms with Crippen LogP contribution in [0.1, 0.15) is 12.0 Å². The van der Waals surface area contributed by atoms with Crippen LogP contribution in [0.25, 0.3) is 6.08 Å². The second-order valence-electron chi connectivity index (χ2n) is 4.63. The molecule has 120 valence electrons. The van der Waals surface area contributed by atoms with Gasteiger partial charge in [0.1, 0.15) is 10.4 Å². The molecular formula is C14H11BrN2O4S2. The van der Waals surface area contributed by atoms with Crippen molar-refractivity contribution in [1.82, 2.24) is 4.90 Å². The maximum absolute atomic E-state index is 12.4. The SMILES string of the molecule is NC(=O)CC(C(=O)O)N1C(=O)/C(=C/c2ccc(Br)cc2)SC1=S. The molecule has 1 aromatic rings. The summed E-state index contributed by atoms with van der Waals surface area (Å²) in [5, 5.41) is 9.23. The number of rotatable bonds is 5. The zero-order valence-corrected chi connectivity index (χ0v) is 14.8. The van der Waals surface area contributed by atoms with Crippen LogP contribution >= 0.6 is 39.9 Å². The minimum atomic E-state index is -1.39. The van der Waals surface area contributed by atoms with Gasteiger partial charge in [0.05, 0.1) is 11.3 Å². The molecule has 2 rings (SSSR count). The molecule has 1 aromatic carbocycles. The van der Waals surface area contributed by atoms with E-state index in [0.717, 1.165) is 26.7 Å². The molecule has 1 aliphatic rings. The van der Waals surface area contributed by atoms with Crippen LogP contribution in [0, 0.1) is 0 Å². The molecule has 1 unspecified atom stereocenters. The second-order valence-corrected chi connectivity index (χ2v) is 7.22. The number of benzene rings is 1. The molecule has 0 aromatic heterocycles. The third-order valence-corrected chi connectivity index (χ3v) is 4.84. The highest BCUT2D eigenvalue weighted by molar-refractivity contribution is 9.10. The maximum Gasteiger partial charge on any atom is 0.327 e. The highest BCUT2D eigenvalue weighted by Gasteiger charge is 2.41. The smallest absolute Gasteiger partial charge is 0.327 e. The third-order valence-electron chi connectivity index (χ3n) is 2.98. The molecule has 0 spiro atoms. The number of primary amides is 1. The van der Waals surface area contributed by atoms with Crippen LogP contribution in [-0.2, 0) is 14.4 Å². The molecule has 1 atom stereocenters. The Kier molecular flexibility index (Phi) is 5.55. The summed E-state index contributed by atoms with van der Waals surface area (Å²) in [5.41, 5.74) is 5.83. The van der Waals surface area contributed by atoms with Crippen molar-refractivity contribution in [2.75, 3.05) is 0 Å². The van der Waals surface area contributed by atoms with Gasteiger partial charge in [-0.2, -0.15) is 0 Å². The van der Waals surface area contributed by atoms with Gasteiger partial charge in [-0.3, -0.25) is 14.5 Å². The third kappa shape index (κ3) is 4.18. The van der Waals surface area contributed by atoms with Crippen LogP contribution in [0.15, 0.2) is 33.6 Å². The van der Waals surface area contributed by atoms with Crippen molar-refractivity contribution in [3.05, 3.63) is 39.2 Å². The highest BCUT2D eigenvalue weighted by Crippen LogP contribution is 2.34. The molecule has 0 aliphatic carbocycles. The van der Waals surface area contributed by atoms with Crippen molar-refractivity contribution < 1.29 is 19.5 Å². The van der Waals surface area contributed by atoms with E-state index in [1.807, 2.05) is 12.1 Å². The Morgan fingerprint density at radius 2 is 2.00 bits per heavy atom. The van der Waals surface area contributed by atoms with Crippen molar-refractivity contribution in [2.45, 2.75) is 12.5 Å². The number of carbonyl (C=O) groups excluding carboxylic acids is 2. The van der Waals surface area contributed by atoms with E-state index in [4.69, 9.17) is 18.0 Å². The monoisotopic (exact) mass is 414 g/mol. The Labute approximate surface area is 149 Å². The van der Waals surface area contributed by atoms with E-state index < -0.39 is 30.2 Å². The lowest BCUT2D eigenvalue weighted by atomic mass is 10.1. The fourth-order valence-corrected chi connectivity index (χ4v) is 3.56. The van der Waals surface area contributed by atoms with Crippen molar-refractivity contribution in [3.63, 3.8) is 0 Å². The van der Waals surface area contributed by atoms with Gasteiger partial charge in [-0.25, -0.2) is 4.79 Å². The summed E-state index contributed by atoms with van der Waals surface area (Å²) in [6.07, 6.45) is 1.13. The van der Waals surface area contributed by atoms with Gasteiger partial charge in [-0.15, -0.1) is 0 Å². The molecule has 1 heterocycles. The molecule has 6 nitrogen and oxygen atoms in total. The van der Waals surface area contributed by atoms with E-state index in [2.05, 4.69) is 15.9 Å². The van der Waals surface area contributed by atoms with E-state index in [9.17, 15) is 19.5 Å². The molecule has 1 fully saturated rings. The fourth-order valence-electron chi connectivity index (χ4n) is 1.94. The number of carboxylic acid groups (broad SMARTS) is 1. The Morgan fingerprint density at radius 1 is 1.39 bits per heavy atom. The minimum Gasteiger partial charge on any atom is -0.480 e. The summed E-state index contributed by atoms with van der Waals surface area (Å²) in [5.74, 6) is -2.69. The lowest BCUT2D eigenvalue weighted by molar-refractivity contribution is -0.146. The molecule has 0 radical (unpaired) electrons. The number of carbonyl (C=O) groups is 3. The van der Waals surface area contributed by atoms with Crippen molar-refractivity contribution in [2.24, 2.45) is 5.73 Å². The lowest BCUT2D eigenvalue weighted by Gasteiger charge is -2.21. The molecular weight excluding hydrogens is 404 g/mol. The van der Waals surface area contributed by atoms with Gasteiger partial charge >= 0.3 is 5.97 Å². The molecule has 3 N–H and O–H groups in total. The Bertz CT molecular complexity index is 718. The van der Waals surface area contributed by atoms with Crippen LogP contribution in [0.5, 0.6) is 0 Å². The number of thiocarbonyl (C=S) groups is 1. The molecule has 1 saturated heterocycles. The van der Waals surface area contributed by atoms with E-state index in [-0.39, 0.29) is 4.32 Å². The van der Waals surface area contributed by atoms with Crippen LogP contribution in [-0.4, -0.2) is 38.2 Å². The molecule has 1 aliphatic heterocycles. The first-order chi connectivity index (χ1) is 10.8. The molecule has 2 amide bonds. The van der Waals surface area contributed by atoms with Gasteiger partial charge in [-0.1, -0.05) is 52.0 Å². The number of aliphatic carboxylic acids is 1. The van der Waals surface area contributed by atoms with Gasteiger partial charge in [0.15, 0.2) is 0 Å². The summed E-state index contributed by atoms with van der Waals surface area (Å²) >= 11 is 9.40. The largest absolute Gasteiger partial charge is 0.480 e. The first kappa shape index (κ1) is 17.6. The average Bonchev–Trinajstić information content (AvgIpc) is 2.73. The van der Waals surface area contributed by atoms with Crippen LogP contribution in [0.3, 0.4) is 0 Å². The van der Waals surface area contributed by atoms with Crippen molar-refractivity contribution in [1.29, 1.82) is 0 Å². The van der Waals surface area contributed by atoms with Crippen LogP contribution in [0.2, 0.25) is 0 Å². The number of hydrogen-bond acceptors (Lipinski definition) is 5. The van der Waals surface area contributed by atoms with Crippen molar-refractivity contribution in [3.8, 4) is 0 Å². The minimum absolute atomic E-state index is 0.0898. The number of carboxylic acids is 1. The molecule has 0 bridgehead atoms. The molecule has 9 heteroatoms. The maximum atomic E-state index is 12.4. The van der Waals surface area contributed by atoms with E-state index in [1.165, 1.54) is 0 Å². The van der Waals surface area contributed by atoms with Gasteiger partial charge < -0.3 is 10.8 Å². The Morgan fingerprint density at radius 3 is 2.52 bits per heavy atom. The van der Waals surface area contributed by atoms with E-state index >= 15 is 0 Å². The quantitative estimate of drug-likeness (QED) is 0.564. The Hall–Kier alpha value is -1.71. The summed E-state index contributed by atoms with van der Waals surface area (Å²) in [4.78, 5) is 36.0. The summed E-state index contributed by atoms with van der Waals surface area (Å²) in [6, 6.07) is 5.85. The van der Waals surface area contributed by atoms with E-state index in [0.29, 0.717) is 4.91 Å². The van der Waals surface area contributed by atoms with Crippen LogP contribution in [0.4, 0.5) is 0 Å². The van der Waals surface area contributed by atoms with Gasteiger partial charge in [0.25, 0.3) is 5.91 Å². The first-order valence-corrected chi connectivity index (χ1v) is 8.35. The number of amides is 2. The average molecular weight is 415 g/mol. The van der Waals surface area contributed by atoms with Gasteiger partial charge in [-0.05, 0) is 23.8 Å². The number of nitrogens with zero attached hydrogens (tertiary/aromatic N) is 1. The zero-order chi connectivity index (χ0) is 17.1. The molecule has 0 saturated carbocycles. The number of hydrogen-bond donors (Lipinski definition) is 2. The predicted molar refractivity (Wildman–Crippen MR) is 94.4 cm³/mol. The van der Waals surface area contributed by atoms with Crippen LogP contribution < -0.4 is 5.73 Å². The summed E-state index contributed by atoms with van der Waals surface area (Å²) < 4.78 is 0.988. The predicted octanol–water partition coefficient (Wildman–Crippen LogP) is 1.98. The second kappa shape index (κ2) is 7.24. The topological polar surface area (TPSA) is 101 Å². The summed E-state index contributed by atoms with van der Waals surface area (Å²) in [7, 11) is 0. The first-order valence-electron chi connectivity index (χ1n) is 6.33. The summed E-state index contributed by atoms with van der Waals surface area (Å²) in [6.45, 7) is 0. The number of nitrogens with two attached hydrogens (primary N) is 1. The van der Waals surface area contributed by atoms with Crippen molar-refractivity contribution >= 4 is 68.1 Å². The van der Waals surface area contributed by atoms with Gasteiger partial charge in [0.2, 0.25) is 5.91 Å². The zero-order valence-electron chi connectivity index (χ0n) is 11.6. The van der Waals surface area contributed by atoms with Gasteiger partial charge in [0, 0.05) is 4.47 Å².